The lowest BCUT2D eigenvalue weighted by atomic mass is 10.2. The molecule has 0 unspecified atom stereocenters. The summed E-state index contributed by atoms with van der Waals surface area (Å²) in [5.41, 5.74) is 0.870. The summed E-state index contributed by atoms with van der Waals surface area (Å²) in [4.78, 5) is 42.3. The van der Waals surface area contributed by atoms with Crippen LogP contribution in [0.3, 0.4) is 0 Å². The zero-order chi connectivity index (χ0) is 19.1. The fraction of sp³-hybridized carbons (Fsp3) is 0.333. The van der Waals surface area contributed by atoms with Crippen LogP contribution in [0.1, 0.15) is 43.6 Å². The number of esters is 2. The summed E-state index contributed by atoms with van der Waals surface area (Å²) in [7, 11) is 1.24. The molecule has 0 saturated carbocycles. The number of aryl methyl sites for hydroxylation is 2. The van der Waals surface area contributed by atoms with E-state index in [1.807, 2.05) is 0 Å². The molecule has 0 radical (unpaired) electrons. The molecule has 9 heteroatoms. The zero-order valence-electron chi connectivity index (χ0n) is 14.7. The zero-order valence-corrected chi connectivity index (χ0v) is 15.6. The van der Waals surface area contributed by atoms with Gasteiger partial charge in [0.15, 0.2) is 0 Å². The highest BCUT2D eigenvalue weighted by atomic mass is 32.1. The molecule has 3 aromatic heterocycles. The maximum atomic E-state index is 12.7. The first-order valence-corrected chi connectivity index (χ1v) is 9.17. The molecule has 1 aliphatic heterocycles. The monoisotopic (exact) mass is 388 g/mol. The summed E-state index contributed by atoms with van der Waals surface area (Å²) < 4.78 is 16.7. The van der Waals surface area contributed by atoms with Gasteiger partial charge in [0.05, 0.1) is 18.8 Å². The molecular weight excluding hydrogens is 372 g/mol. The molecule has 0 N–H and O–H groups in total. The maximum absolute atomic E-state index is 12.7. The van der Waals surface area contributed by atoms with Gasteiger partial charge in [0.2, 0.25) is 5.76 Å². The molecule has 0 saturated heterocycles. The lowest BCUT2D eigenvalue weighted by molar-refractivity contribution is 0.0458. The van der Waals surface area contributed by atoms with Gasteiger partial charge in [-0.15, -0.1) is 11.3 Å². The molecule has 0 bridgehead atoms. The van der Waals surface area contributed by atoms with Crippen LogP contribution in [0.15, 0.2) is 21.5 Å². The highest BCUT2D eigenvalue weighted by Crippen LogP contribution is 2.29. The van der Waals surface area contributed by atoms with Crippen LogP contribution in [0.4, 0.5) is 0 Å². The summed E-state index contributed by atoms with van der Waals surface area (Å²) in [6, 6.07) is 1.54. The topological polar surface area (TPSA) is 101 Å². The minimum atomic E-state index is -0.643. The van der Waals surface area contributed by atoms with E-state index in [-0.39, 0.29) is 17.9 Å². The first-order chi connectivity index (χ1) is 13.0. The van der Waals surface area contributed by atoms with Crippen LogP contribution in [0.2, 0.25) is 0 Å². The van der Waals surface area contributed by atoms with Gasteiger partial charge in [-0.1, -0.05) is 0 Å². The number of fused-ring (bicyclic) bond motifs is 2. The van der Waals surface area contributed by atoms with Crippen molar-refractivity contribution in [2.45, 2.75) is 32.9 Å². The summed E-state index contributed by atoms with van der Waals surface area (Å²) in [5, 5.41) is 0.469. The Balaban J connectivity index is 1.62. The van der Waals surface area contributed by atoms with E-state index in [0.717, 1.165) is 30.0 Å². The van der Waals surface area contributed by atoms with Gasteiger partial charge in [-0.2, -0.15) is 0 Å². The molecule has 0 atom stereocenters. The Kier molecular flexibility index (Phi) is 4.31. The highest BCUT2D eigenvalue weighted by molar-refractivity contribution is 7.20. The molecule has 0 aliphatic carbocycles. The van der Waals surface area contributed by atoms with E-state index in [1.165, 1.54) is 19.4 Å². The molecule has 0 aromatic carbocycles. The molecule has 8 nitrogen and oxygen atoms in total. The Hall–Kier alpha value is -2.94. The Morgan fingerprint density at radius 2 is 2.19 bits per heavy atom. The number of carbonyl (C=O) groups excluding carboxylic acids is 2. The van der Waals surface area contributed by atoms with Crippen LogP contribution in [-0.4, -0.2) is 28.6 Å². The van der Waals surface area contributed by atoms with Gasteiger partial charge in [-0.05, 0) is 25.0 Å². The molecule has 0 amide bonds. The van der Waals surface area contributed by atoms with E-state index in [4.69, 9.17) is 9.15 Å². The average molecular weight is 388 g/mol. The minimum Gasteiger partial charge on any atom is -0.463 e. The second kappa shape index (κ2) is 6.66. The number of ether oxygens (including phenoxy) is 2. The molecule has 0 spiro atoms. The smallest absolute Gasteiger partial charge is 0.374 e. The predicted molar refractivity (Wildman–Crippen MR) is 96.1 cm³/mol. The van der Waals surface area contributed by atoms with Gasteiger partial charge >= 0.3 is 11.9 Å². The van der Waals surface area contributed by atoms with Crippen molar-refractivity contribution < 1.29 is 23.5 Å². The summed E-state index contributed by atoms with van der Waals surface area (Å²) in [5.74, 6) is -0.461. The van der Waals surface area contributed by atoms with Gasteiger partial charge in [-0.3, -0.25) is 9.36 Å². The number of furan rings is 1. The fourth-order valence-electron chi connectivity index (χ4n) is 3.20. The normalized spacial score (nSPS) is 13.0. The van der Waals surface area contributed by atoms with Crippen molar-refractivity contribution in [1.82, 2.24) is 9.55 Å². The highest BCUT2D eigenvalue weighted by Gasteiger charge is 2.25. The molecule has 1 aliphatic rings. The number of hydrogen-bond acceptors (Lipinski definition) is 8. The van der Waals surface area contributed by atoms with Crippen LogP contribution in [0, 0.1) is 6.92 Å². The Labute approximate surface area is 157 Å². The molecule has 4 rings (SSSR count). The van der Waals surface area contributed by atoms with E-state index in [1.54, 1.807) is 11.5 Å². The lowest BCUT2D eigenvalue weighted by Crippen LogP contribution is -2.20. The van der Waals surface area contributed by atoms with Crippen molar-refractivity contribution in [3.63, 3.8) is 0 Å². The third-order valence-electron chi connectivity index (χ3n) is 4.57. The van der Waals surface area contributed by atoms with Gasteiger partial charge in [0, 0.05) is 18.5 Å². The predicted octanol–water partition coefficient (Wildman–Crippen LogP) is 2.45. The van der Waals surface area contributed by atoms with Crippen molar-refractivity contribution in [2.24, 2.45) is 0 Å². The van der Waals surface area contributed by atoms with E-state index < -0.39 is 11.9 Å². The molecular formula is C18H16N2O6S. The molecule has 3 aromatic rings. The third kappa shape index (κ3) is 2.84. The second-order valence-electron chi connectivity index (χ2n) is 6.17. The van der Waals surface area contributed by atoms with Gasteiger partial charge in [-0.25, -0.2) is 14.6 Å². The number of rotatable bonds is 4. The number of carbonyl (C=O) groups is 2. The van der Waals surface area contributed by atoms with Crippen LogP contribution in [0.5, 0.6) is 0 Å². The summed E-state index contributed by atoms with van der Waals surface area (Å²) in [6.45, 7) is 2.23. The van der Waals surface area contributed by atoms with Crippen molar-refractivity contribution in [1.29, 1.82) is 0 Å². The number of methoxy groups -OCH3 is 1. The van der Waals surface area contributed by atoms with Crippen molar-refractivity contribution >= 4 is 33.5 Å². The van der Waals surface area contributed by atoms with Gasteiger partial charge in [0.25, 0.3) is 5.56 Å². The quantitative estimate of drug-likeness (QED) is 0.633. The Bertz CT molecular complexity index is 1120. The Morgan fingerprint density at radius 3 is 2.96 bits per heavy atom. The number of hydrogen-bond donors (Lipinski definition) is 0. The van der Waals surface area contributed by atoms with E-state index >= 15 is 0 Å². The minimum absolute atomic E-state index is 0.00491. The van der Waals surface area contributed by atoms with Crippen LogP contribution >= 0.6 is 11.3 Å². The number of aromatic nitrogens is 2. The lowest BCUT2D eigenvalue weighted by Gasteiger charge is -2.04. The molecule has 0 fully saturated rings. The molecule has 140 valence electrons. The number of thiophene rings is 1. The first-order valence-electron chi connectivity index (χ1n) is 8.36. The van der Waals surface area contributed by atoms with Crippen molar-refractivity contribution in [2.75, 3.05) is 7.11 Å². The Morgan fingerprint density at radius 1 is 1.37 bits per heavy atom. The largest absolute Gasteiger partial charge is 0.463 e. The van der Waals surface area contributed by atoms with E-state index in [9.17, 15) is 14.4 Å². The van der Waals surface area contributed by atoms with E-state index in [2.05, 4.69) is 9.72 Å². The fourth-order valence-corrected chi connectivity index (χ4v) is 4.28. The van der Waals surface area contributed by atoms with Crippen molar-refractivity contribution in [3.8, 4) is 0 Å². The van der Waals surface area contributed by atoms with Crippen LogP contribution in [-0.2, 0) is 29.0 Å². The first kappa shape index (κ1) is 17.5. The van der Waals surface area contributed by atoms with Crippen molar-refractivity contribution in [3.05, 3.63) is 50.3 Å². The van der Waals surface area contributed by atoms with Crippen LogP contribution in [0.25, 0.3) is 10.2 Å². The SMILES string of the molecule is COC(=O)c1occc1COC(=O)c1sc2nc3n(c(=O)c2c1C)CCC3. The molecule has 27 heavy (non-hydrogen) atoms. The van der Waals surface area contributed by atoms with E-state index in [0.29, 0.717) is 32.8 Å². The van der Waals surface area contributed by atoms with Crippen LogP contribution < -0.4 is 5.56 Å². The van der Waals surface area contributed by atoms with Gasteiger partial charge < -0.3 is 13.9 Å². The number of nitrogens with zero attached hydrogens (tertiary/aromatic N) is 2. The summed E-state index contributed by atoms with van der Waals surface area (Å²) >= 11 is 1.15. The standard InChI is InChI=1S/C18H16N2O6S/c1-9-12-15(19-11-4-3-6-20(11)16(12)21)27-14(9)18(23)26-8-10-5-7-25-13(10)17(22)24-2/h5,7H,3-4,6,8H2,1-2H3. The summed E-state index contributed by atoms with van der Waals surface area (Å²) in [6.07, 6.45) is 2.99. The second-order valence-corrected chi connectivity index (χ2v) is 7.17. The third-order valence-corrected chi connectivity index (χ3v) is 5.74. The maximum Gasteiger partial charge on any atom is 0.374 e. The average Bonchev–Trinajstić information content (AvgIpc) is 3.38. The van der Waals surface area contributed by atoms with Gasteiger partial charge in [0.1, 0.15) is 22.1 Å². The molecule has 4 heterocycles.